The van der Waals surface area contributed by atoms with E-state index in [1.54, 1.807) is 17.1 Å². The van der Waals surface area contributed by atoms with Gasteiger partial charge in [-0.15, -0.1) is 10.5 Å². The van der Waals surface area contributed by atoms with E-state index in [2.05, 4.69) is 19.2 Å². The van der Waals surface area contributed by atoms with Gasteiger partial charge in [-0.1, -0.05) is 37.6 Å². The van der Waals surface area contributed by atoms with Crippen molar-refractivity contribution in [3.63, 3.8) is 0 Å². The third-order valence-electron chi connectivity index (χ3n) is 4.26. The number of halogens is 1. The zero-order chi connectivity index (χ0) is 16.8. The van der Waals surface area contributed by atoms with E-state index in [-0.39, 0.29) is 17.3 Å². The summed E-state index contributed by atoms with van der Waals surface area (Å²) >= 11 is 5.96. The highest BCUT2D eigenvalue weighted by atomic mass is 35.5. The van der Waals surface area contributed by atoms with E-state index in [1.807, 2.05) is 46.9 Å². The zero-order valence-corrected chi connectivity index (χ0v) is 14.7. The number of benzene rings is 2. The summed E-state index contributed by atoms with van der Waals surface area (Å²) in [5.74, 6) is 0.168. The summed E-state index contributed by atoms with van der Waals surface area (Å²) in [4.78, 5) is 13.1. The normalized spacial score (nSPS) is 15.8. The van der Waals surface area contributed by atoms with Gasteiger partial charge in [0.15, 0.2) is 5.70 Å². The van der Waals surface area contributed by atoms with Gasteiger partial charge in [0.1, 0.15) is 11.4 Å². The number of hydrogen-bond donors (Lipinski definition) is 2. The number of carbonyl (C=O) groups excluding carboxylic acids is 1. The minimum atomic E-state index is -0.0389. The Morgan fingerprint density at radius 3 is 2.40 bits per heavy atom. The van der Waals surface area contributed by atoms with E-state index in [9.17, 15) is 4.79 Å². The number of fused-ring (bicyclic) bond motifs is 3. The van der Waals surface area contributed by atoms with E-state index in [1.165, 1.54) is 0 Å². The van der Waals surface area contributed by atoms with E-state index >= 15 is 0 Å². The molecule has 0 aliphatic carbocycles. The molecule has 4 N–H and O–H groups in total. The summed E-state index contributed by atoms with van der Waals surface area (Å²) in [6.07, 6.45) is 0. The first-order valence-corrected chi connectivity index (χ1v) is 8.27. The number of para-hydroxylation sites is 2. The third kappa shape index (κ3) is 2.74. The van der Waals surface area contributed by atoms with Gasteiger partial charge in [0, 0.05) is 5.02 Å². The number of carbonyl (C=O) groups is 1. The second kappa shape index (κ2) is 6.40. The molecule has 2 heterocycles. The van der Waals surface area contributed by atoms with E-state index in [4.69, 9.17) is 11.6 Å². The Morgan fingerprint density at radius 2 is 1.72 bits per heavy atom. The van der Waals surface area contributed by atoms with Gasteiger partial charge in [-0.05, 0) is 42.3 Å². The molecule has 1 amide bonds. The lowest BCUT2D eigenvalue weighted by atomic mass is 10.0. The first-order valence-electron chi connectivity index (χ1n) is 7.90. The molecule has 1 fully saturated rings. The molecule has 7 heteroatoms. The number of allylic oxidation sites excluding steroid dienone is 1. The number of rotatable bonds is 2. The third-order valence-corrected chi connectivity index (χ3v) is 4.52. The number of amides is 1. The molecule has 25 heavy (non-hydrogen) atoms. The van der Waals surface area contributed by atoms with Crippen LogP contribution in [0.5, 0.6) is 0 Å². The lowest BCUT2D eigenvalue weighted by molar-refractivity contribution is -0.653. The molecule has 0 unspecified atom stereocenters. The summed E-state index contributed by atoms with van der Waals surface area (Å²) < 4.78 is 0. The van der Waals surface area contributed by atoms with Gasteiger partial charge in [-0.25, -0.2) is 0 Å². The molecule has 2 aromatic carbocycles. The Morgan fingerprint density at radius 1 is 1.04 bits per heavy atom. The SMILES string of the molecule is CC(C)C1=C2C(=O)N(c3ccc(Cl)cc3)[NH2+]N2c2ccccc2N1.[OH-]. The molecule has 4 rings (SSSR count). The van der Waals surface area contributed by atoms with Gasteiger partial charge >= 0.3 is 5.91 Å². The molecule has 0 atom stereocenters. The first-order chi connectivity index (χ1) is 11.6. The van der Waals surface area contributed by atoms with Crippen LogP contribution >= 0.6 is 11.6 Å². The Bertz CT molecular complexity index is 848. The topological polar surface area (TPSA) is 82.2 Å². The maximum atomic E-state index is 13.1. The quantitative estimate of drug-likeness (QED) is 0.638. The van der Waals surface area contributed by atoms with Crippen LogP contribution in [0.1, 0.15) is 13.8 Å². The first kappa shape index (κ1) is 17.3. The van der Waals surface area contributed by atoms with Crippen molar-refractivity contribution in [3.8, 4) is 0 Å². The van der Waals surface area contributed by atoms with E-state index < -0.39 is 0 Å². The number of nitrogens with two attached hydrogens (primary N) is 1. The maximum absolute atomic E-state index is 13.1. The second-order valence-electron chi connectivity index (χ2n) is 6.20. The summed E-state index contributed by atoms with van der Waals surface area (Å²) in [5.41, 5.74) is 6.24. The highest BCUT2D eigenvalue weighted by Crippen LogP contribution is 2.37. The average molecular weight is 359 g/mol. The van der Waals surface area contributed by atoms with Crippen molar-refractivity contribution in [2.45, 2.75) is 13.8 Å². The molecule has 6 nitrogen and oxygen atoms in total. The molecule has 2 aromatic rings. The van der Waals surface area contributed by atoms with Crippen molar-refractivity contribution in [2.24, 2.45) is 5.92 Å². The predicted octanol–water partition coefficient (Wildman–Crippen LogP) is 2.70. The summed E-state index contributed by atoms with van der Waals surface area (Å²) in [5, 5.41) is 7.71. The smallest absolute Gasteiger partial charge is 0.329 e. The zero-order valence-electron chi connectivity index (χ0n) is 13.9. The van der Waals surface area contributed by atoms with Crippen molar-refractivity contribution >= 4 is 34.6 Å². The fourth-order valence-corrected chi connectivity index (χ4v) is 3.19. The second-order valence-corrected chi connectivity index (χ2v) is 6.63. The van der Waals surface area contributed by atoms with Gasteiger partial charge in [0.25, 0.3) is 0 Å². The van der Waals surface area contributed by atoms with Crippen LogP contribution in [-0.4, -0.2) is 11.4 Å². The lowest BCUT2D eigenvalue weighted by Gasteiger charge is -2.27. The van der Waals surface area contributed by atoms with Crippen LogP contribution in [-0.2, 0) is 4.79 Å². The summed E-state index contributed by atoms with van der Waals surface area (Å²) in [7, 11) is 0. The molecule has 1 saturated heterocycles. The minimum Gasteiger partial charge on any atom is -0.870 e. The van der Waals surface area contributed by atoms with Crippen LogP contribution in [0.25, 0.3) is 0 Å². The van der Waals surface area contributed by atoms with E-state index in [0.29, 0.717) is 10.7 Å². The van der Waals surface area contributed by atoms with Gasteiger partial charge in [-0.2, -0.15) is 5.01 Å². The number of nitrogens with zero attached hydrogens (tertiary/aromatic N) is 2. The molecular weight excluding hydrogens is 340 g/mol. The van der Waals surface area contributed by atoms with Crippen molar-refractivity contribution in [2.75, 3.05) is 15.3 Å². The number of anilines is 3. The van der Waals surface area contributed by atoms with Crippen LogP contribution < -0.4 is 20.9 Å². The van der Waals surface area contributed by atoms with Gasteiger partial charge in [0.05, 0.1) is 11.4 Å². The average Bonchev–Trinajstić information content (AvgIpc) is 2.93. The number of quaternary nitrogens is 1. The lowest BCUT2D eigenvalue weighted by Crippen LogP contribution is -2.98. The molecule has 2 aliphatic heterocycles. The van der Waals surface area contributed by atoms with Gasteiger partial charge < -0.3 is 10.8 Å². The van der Waals surface area contributed by atoms with Crippen LogP contribution in [0.4, 0.5) is 17.1 Å². The molecule has 0 radical (unpaired) electrons. The standard InChI is InChI=1S/C18H17ClN4O.H2O/c1-11(2)16-17-18(24)22(13-9-7-12(19)8-10-13)21-23(17)15-6-4-3-5-14(15)20-16;/h3-11,20-21H,1-2H3;1H2. The highest BCUT2D eigenvalue weighted by Gasteiger charge is 2.45. The Labute approximate surface area is 150 Å². The van der Waals surface area contributed by atoms with Crippen molar-refractivity contribution in [1.29, 1.82) is 0 Å². The molecule has 130 valence electrons. The maximum Gasteiger partial charge on any atom is 0.329 e. The van der Waals surface area contributed by atoms with Crippen LogP contribution in [0.2, 0.25) is 5.02 Å². The largest absolute Gasteiger partial charge is 0.870 e. The fourth-order valence-electron chi connectivity index (χ4n) is 3.07. The van der Waals surface area contributed by atoms with Crippen LogP contribution in [0.3, 0.4) is 0 Å². The van der Waals surface area contributed by atoms with Crippen LogP contribution in [0, 0.1) is 5.92 Å². The molecule has 0 saturated carbocycles. The van der Waals surface area contributed by atoms with Gasteiger partial charge in [-0.3, -0.25) is 4.79 Å². The van der Waals surface area contributed by atoms with Crippen molar-refractivity contribution in [1.82, 2.24) is 0 Å². The summed E-state index contributed by atoms with van der Waals surface area (Å²) in [6.45, 7) is 4.17. The molecule has 2 aliphatic rings. The monoisotopic (exact) mass is 358 g/mol. The molecule has 0 spiro atoms. The number of hydrogen-bond acceptors (Lipinski definition) is 4. The van der Waals surface area contributed by atoms with Gasteiger partial charge in [0.2, 0.25) is 0 Å². The fraction of sp³-hybridized carbons (Fsp3) is 0.167. The number of nitrogens with one attached hydrogen (secondary N) is 1. The van der Waals surface area contributed by atoms with E-state index in [0.717, 1.165) is 22.8 Å². The molecule has 0 bridgehead atoms. The highest BCUT2D eigenvalue weighted by molar-refractivity contribution is 6.30. The van der Waals surface area contributed by atoms with Crippen LogP contribution in [0.15, 0.2) is 59.9 Å². The predicted molar refractivity (Wildman–Crippen MR) is 97.2 cm³/mol. The molecular formula is C18H19ClN4O2. The van der Waals surface area contributed by atoms with Crippen molar-refractivity contribution < 1.29 is 15.8 Å². The Hall–Kier alpha value is -2.54. The molecule has 0 aromatic heterocycles. The van der Waals surface area contributed by atoms with Crippen molar-refractivity contribution in [3.05, 3.63) is 64.9 Å². The Kier molecular flexibility index (Phi) is 4.43. The Balaban J connectivity index is 0.00000182. The summed E-state index contributed by atoms with van der Waals surface area (Å²) in [6, 6.07) is 15.3. The minimum absolute atomic E-state index is 0.